The Balaban J connectivity index is 0.00000149. The van der Waals surface area contributed by atoms with E-state index in [1.807, 2.05) is 32.9 Å². The molecular weight excluding hydrogens is 424 g/mol. The van der Waals surface area contributed by atoms with Crippen LogP contribution in [-0.4, -0.2) is 80.6 Å². The summed E-state index contributed by atoms with van der Waals surface area (Å²) in [5, 5.41) is 19.2. The van der Waals surface area contributed by atoms with Crippen molar-refractivity contribution in [3.63, 3.8) is 0 Å². The molecule has 1 aromatic rings. The molecule has 33 heavy (non-hydrogen) atoms. The highest BCUT2D eigenvalue weighted by Crippen LogP contribution is 2.29. The van der Waals surface area contributed by atoms with Gasteiger partial charge in [0, 0.05) is 45.0 Å². The van der Waals surface area contributed by atoms with Gasteiger partial charge in [-0.25, -0.2) is 9.78 Å². The fourth-order valence-electron chi connectivity index (χ4n) is 4.12. The summed E-state index contributed by atoms with van der Waals surface area (Å²) in [5.74, 6) is 0.200. The van der Waals surface area contributed by atoms with E-state index in [0.29, 0.717) is 18.5 Å². The van der Waals surface area contributed by atoms with E-state index in [-0.39, 0.29) is 24.5 Å². The van der Waals surface area contributed by atoms with E-state index in [9.17, 15) is 14.7 Å². The molecule has 10 heteroatoms. The lowest BCUT2D eigenvalue weighted by Gasteiger charge is -2.35. The van der Waals surface area contributed by atoms with Gasteiger partial charge in [0.15, 0.2) is 11.5 Å². The molecule has 0 saturated carbocycles. The summed E-state index contributed by atoms with van der Waals surface area (Å²) in [7, 11) is 2.11. The van der Waals surface area contributed by atoms with Crippen molar-refractivity contribution in [3.05, 3.63) is 38.5 Å². The third kappa shape index (κ3) is 5.40. The van der Waals surface area contributed by atoms with Crippen LogP contribution in [0.15, 0.2) is 21.7 Å². The number of piperazine rings is 1. The number of hydrogen-bond acceptors (Lipinski definition) is 8. The number of hydrogen-bond donors (Lipinski definition) is 3. The van der Waals surface area contributed by atoms with Gasteiger partial charge in [-0.05, 0) is 44.5 Å². The minimum Gasteiger partial charge on any atom is -0.396 e. The topological polar surface area (TPSA) is 128 Å². The van der Waals surface area contributed by atoms with Crippen LogP contribution in [0.1, 0.15) is 32.3 Å². The summed E-state index contributed by atoms with van der Waals surface area (Å²) in [6.45, 7) is 9.99. The summed E-state index contributed by atoms with van der Waals surface area (Å²) in [6.07, 6.45) is -0.0969. The molecule has 1 fully saturated rings. The number of aromatic amines is 1. The highest BCUT2D eigenvalue weighted by atomic mass is 16.3. The Labute approximate surface area is 192 Å². The monoisotopic (exact) mass is 458 g/mol. The average Bonchev–Trinajstić information content (AvgIpc) is 2.79. The molecule has 3 N–H and O–H groups in total. The van der Waals surface area contributed by atoms with Gasteiger partial charge in [-0.15, -0.1) is 0 Å². The van der Waals surface area contributed by atoms with E-state index in [1.165, 1.54) is 0 Å². The number of nitrogens with one attached hydrogen (secondary N) is 1. The van der Waals surface area contributed by atoms with E-state index < -0.39 is 17.4 Å². The summed E-state index contributed by atoms with van der Waals surface area (Å²) in [5.41, 5.74) is 2.30. The number of aryl methyl sites for hydroxylation is 2. The molecule has 1 aromatic carbocycles. The number of anilines is 1. The standard InChI is InChI=1S/C21H28N6O4.C2H6/c1-13-11-15-17(12-16(13)26-8-6-25(2)7-9-26)27(5-3-14(29)4-10-28)19-18(22-15)20(30)24-21(31)23-19;1-2/h11-12,14,28-29H,3-10H2,1-2H3,(H,24,30,31);1-2H3/t14-;/m0./s1. The summed E-state index contributed by atoms with van der Waals surface area (Å²) in [6, 6.07) is 3.99. The van der Waals surface area contributed by atoms with Crippen LogP contribution in [-0.2, 0) is 6.54 Å². The SMILES string of the molecule is CC.Cc1cc2nc3c(=O)[nH]c(=O)nc-3n(CC[C@H](O)CCO)c2cc1N1CCN(C)CC1. The van der Waals surface area contributed by atoms with E-state index in [2.05, 4.69) is 31.8 Å². The van der Waals surface area contributed by atoms with Crippen LogP contribution in [0, 0.1) is 6.92 Å². The highest BCUT2D eigenvalue weighted by Gasteiger charge is 2.22. The third-order valence-corrected chi connectivity index (χ3v) is 5.92. The van der Waals surface area contributed by atoms with Crippen LogP contribution < -0.4 is 16.1 Å². The van der Waals surface area contributed by atoms with E-state index >= 15 is 0 Å². The Bertz CT molecular complexity index is 1170. The number of aliphatic hydroxyl groups excluding tert-OH is 2. The van der Waals surface area contributed by atoms with Crippen LogP contribution in [0.3, 0.4) is 0 Å². The van der Waals surface area contributed by atoms with Gasteiger partial charge in [0.25, 0.3) is 5.56 Å². The molecule has 10 nitrogen and oxygen atoms in total. The second-order valence-corrected chi connectivity index (χ2v) is 8.18. The summed E-state index contributed by atoms with van der Waals surface area (Å²) < 4.78 is 1.79. The molecule has 0 bridgehead atoms. The smallest absolute Gasteiger partial charge is 0.349 e. The first-order valence-corrected chi connectivity index (χ1v) is 11.5. The number of likely N-dealkylation sites (N-methyl/N-ethyl adjacent to an activating group) is 1. The van der Waals surface area contributed by atoms with Gasteiger partial charge < -0.3 is 24.6 Å². The molecule has 1 atom stereocenters. The Morgan fingerprint density at radius 2 is 1.79 bits per heavy atom. The minimum absolute atomic E-state index is 0.0931. The minimum atomic E-state index is -0.727. The molecule has 0 amide bonds. The first-order valence-electron chi connectivity index (χ1n) is 11.5. The lowest BCUT2D eigenvalue weighted by molar-refractivity contribution is 0.121. The molecule has 180 valence electrons. The van der Waals surface area contributed by atoms with Crippen LogP contribution in [0.5, 0.6) is 0 Å². The number of rotatable bonds is 6. The van der Waals surface area contributed by atoms with Crippen molar-refractivity contribution >= 4 is 16.7 Å². The van der Waals surface area contributed by atoms with Crippen molar-refractivity contribution in [1.29, 1.82) is 0 Å². The number of benzene rings is 1. The van der Waals surface area contributed by atoms with E-state index in [1.54, 1.807) is 4.57 Å². The third-order valence-electron chi connectivity index (χ3n) is 5.92. The maximum Gasteiger partial charge on any atom is 0.349 e. The first-order chi connectivity index (χ1) is 15.9. The normalized spacial score (nSPS) is 15.5. The first kappa shape index (κ1) is 24.8. The van der Waals surface area contributed by atoms with Gasteiger partial charge in [0.2, 0.25) is 0 Å². The largest absolute Gasteiger partial charge is 0.396 e. The number of H-pyrrole nitrogens is 1. The zero-order valence-electron chi connectivity index (χ0n) is 19.8. The van der Waals surface area contributed by atoms with Gasteiger partial charge in [-0.2, -0.15) is 4.98 Å². The Hall–Kier alpha value is -2.82. The maximum atomic E-state index is 12.4. The Kier molecular flexibility index (Phi) is 8.17. The number of aromatic nitrogens is 4. The zero-order chi connectivity index (χ0) is 24.1. The lowest BCUT2D eigenvalue weighted by atomic mass is 10.1. The fraction of sp³-hybridized carbons (Fsp3) is 0.565. The molecule has 0 unspecified atom stereocenters. The summed E-state index contributed by atoms with van der Waals surface area (Å²) >= 11 is 0. The number of nitrogens with zero attached hydrogens (tertiary/aromatic N) is 5. The molecule has 3 aliphatic heterocycles. The summed E-state index contributed by atoms with van der Waals surface area (Å²) in [4.78, 5) is 39.7. The van der Waals surface area contributed by atoms with Crippen molar-refractivity contribution in [2.24, 2.45) is 0 Å². The van der Waals surface area contributed by atoms with Crippen molar-refractivity contribution in [2.75, 3.05) is 44.7 Å². The molecule has 0 spiro atoms. The molecule has 0 aliphatic carbocycles. The maximum absolute atomic E-state index is 12.4. The molecule has 1 saturated heterocycles. The Morgan fingerprint density at radius 3 is 2.45 bits per heavy atom. The Morgan fingerprint density at radius 1 is 1.09 bits per heavy atom. The molecule has 4 rings (SSSR count). The molecular formula is C23H34N6O4. The van der Waals surface area contributed by atoms with Crippen molar-refractivity contribution in [2.45, 2.75) is 46.3 Å². The second kappa shape index (κ2) is 10.9. The zero-order valence-corrected chi connectivity index (χ0v) is 19.8. The predicted octanol–water partition coefficient (Wildman–Crippen LogP) is 0.804. The van der Waals surface area contributed by atoms with Crippen LogP contribution >= 0.6 is 0 Å². The van der Waals surface area contributed by atoms with Gasteiger partial charge in [-0.3, -0.25) is 9.78 Å². The van der Waals surface area contributed by atoms with Gasteiger partial charge in [0.1, 0.15) is 0 Å². The van der Waals surface area contributed by atoms with E-state index in [4.69, 9.17) is 5.11 Å². The molecule has 0 aromatic heterocycles. The second-order valence-electron chi connectivity index (χ2n) is 8.18. The number of aliphatic hydroxyl groups is 2. The highest BCUT2D eigenvalue weighted by molar-refractivity contribution is 5.84. The predicted molar refractivity (Wildman–Crippen MR) is 129 cm³/mol. The van der Waals surface area contributed by atoms with Gasteiger partial charge in [0.05, 0.1) is 17.1 Å². The quantitative estimate of drug-likeness (QED) is 0.463. The van der Waals surface area contributed by atoms with Crippen molar-refractivity contribution < 1.29 is 10.2 Å². The van der Waals surface area contributed by atoms with Crippen molar-refractivity contribution in [3.8, 4) is 11.5 Å². The van der Waals surface area contributed by atoms with Crippen LogP contribution in [0.2, 0.25) is 0 Å². The lowest BCUT2D eigenvalue weighted by Crippen LogP contribution is -2.44. The van der Waals surface area contributed by atoms with Gasteiger partial charge in [-0.1, -0.05) is 13.8 Å². The van der Waals surface area contributed by atoms with Crippen LogP contribution in [0.4, 0.5) is 5.69 Å². The van der Waals surface area contributed by atoms with Gasteiger partial charge >= 0.3 is 5.69 Å². The molecule has 3 aliphatic rings. The molecule has 0 radical (unpaired) electrons. The fourth-order valence-corrected chi connectivity index (χ4v) is 4.12. The average molecular weight is 459 g/mol. The van der Waals surface area contributed by atoms with Crippen LogP contribution in [0.25, 0.3) is 22.6 Å². The van der Waals surface area contributed by atoms with E-state index in [0.717, 1.165) is 42.9 Å². The molecule has 3 heterocycles. The van der Waals surface area contributed by atoms with Crippen molar-refractivity contribution in [1.82, 2.24) is 24.4 Å². The number of fused-ring (bicyclic) bond motifs is 2.